The maximum atomic E-state index is 11.8. The Morgan fingerprint density at radius 3 is 2.18 bits per heavy atom. The molecule has 1 aliphatic rings. The molecular formula is C14H27NO2. The van der Waals surface area contributed by atoms with Crippen molar-refractivity contribution in [3.63, 3.8) is 0 Å². The summed E-state index contributed by atoms with van der Waals surface area (Å²) < 4.78 is 4.89. The molecule has 0 bridgehead atoms. The second-order valence-electron chi connectivity index (χ2n) is 7.10. The number of rotatable bonds is 5. The summed E-state index contributed by atoms with van der Waals surface area (Å²) >= 11 is 0. The molecule has 1 fully saturated rings. The van der Waals surface area contributed by atoms with Crippen LogP contribution >= 0.6 is 0 Å². The Labute approximate surface area is 105 Å². The minimum absolute atomic E-state index is 0.0420. The van der Waals surface area contributed by atoms with Crippen molar-refractivity contribution in [2.24, 2.45) is 11.3 Å². The molecule has 0 radical (unpaired) electrons. The van der Waals surface area contributed by atoms with Crippen LogP contribution in [0, 0.1) is 11.3 Å². The number of carbonyl (C=O) groups is 1. The highest BCUT2D eigenvalue weighted by atomic mass is 16.5. The SMILES string of the molecule is COC(=O)C(NC(C)(C)CC(C)(C)C)C1CC1. The van der Waals surface area contributed by atoms with Crippen molar-refractivity contribution >= 4 is 5.97 Å². The fourth-order valence-electron chi connectivity index (χ4n) is 2.72. The molecule has 100 valence electrons. The smallest absolute Gasteiger partial charge is 0.323 e. The van der Waals surface area contributed by atoms with Gasteiger partial charge in [-0.25, -0.2) is 0 Å². The highest BCUT2D eigenvalue weighted by Gasteiger charge is 2.40. The van der Waals surface area contributed by atoms with Crippen molar-refractivity contribution in [2.75, 3.05) is 7.11 Å². The summed E-state index contributed by atoms with van der Waals surface area (Å²) in [6.45, 7) is 11.0. The normalized spacial score (nSPS) is 18.9. The van der Waals surface area contributed by atoms with Gasteiger partial charge in [0, 0.05) is 5.54 Å². The van der Waals surface area contributed by atoms with Crippen LogP contribution in [0.15, 0.2) is 0 Å². The zero-order valence-electron chi connectivity index (χ0n) is 12.1. The first-order valence-corrected chi connectivity index (χ1v) is 6.50. The molecule has 0 aromatic rings. The molecule has 0 heterocycles. The molecule has 0 aliphatic heterocycles. The van der Waals surface area contributed by atoms with Crippen LogP contribution in [0.25, 0.3) is 0 Å². The molecule has 0 aromatic carbocycles. The van der Waals surface area contributed by atoms with Crippen LogP contribution in [0.4, 0.5) is 0 Å². The lowest BCUT2D eigenvalue weighted by Gasteiger charge is -2.36. The molecule has 1 rings (SSSR count). The van der Waals surface area contributed by atoms with Gasteiger partial charge in [-0.05, 0) is 44.4 Å². The molecule has 17 heavy (non-hydrogen) atoms. The van der Waals surface area contributed by atoms with E-state index in [1.807, 2.05) is 0 Å². The topological polar surface area (TPSA) is 38.3 Å². The van der Waals surface area contributed by atoms with Gasteiger partial charge in [-0.1, -0.05) is 20.8 Å². The quantitative estimate of drug-likeness (QED) is 0.752. The van der Waals surface area contributed by atoms with E-state index in [4.69, 9.17) is 4.74 Å². The Balaban J connectivity index is 2.62. The maximum Gasteiger partial charge on any atom is 0.323 e. The summed E-state index contributed by atoms with van der Waals surface area (Å²) in [6.07, 6.45) is 3.30. The first kappa shape index (κ1) is 14.5. The third kappa shape index (κ3) is 5.07. The monoisotopic (exact) mass is 241 g/mol. The summed E-state index contributed by atoms with van der Waals surface area (Å²) in [7, 11) is 1.47. The average Bonchev–Trinajstić information content (AvgIpc) is 2.92. The lowest BCUT2D eigenvalue weighted by molar-refractivity contribution is -0.144. The largest absolute Gasteiger partial charge is 0.468 e. The summed E-state index contributed by atoms with van der Waals surface area (Å²) in [6, 6.07) is -0.127. The second kappa shape index (κ2) is 4.97. The second-order valence-corrected chi connectivity index (χ2v) is 7.10. The van der Waals surface area contributed by atoms with Gasteiger partial charge in [0.05, 0.1) is 7.11 Å². The number of methoxy groups -OCH3 is 1. The van der Waals surface area contributed by atoms with E-state index in [1.165, 1.54) is 7.11 Å². The van der Waals surface area contributed by atoms with Crippen LogP contribution in [0.5, 0.6) is 0 Å². The molecule has 3 nitrogen and oxygen atoms in total. The van der Waals surface area contributed by atoms with Crippen LogP contribution in [0.3, 0.4) is 0 Å². The number of ether oxygens (including phenoxy) is 1. The van der Waals surface area contributed by atoms with E-state index in [0.29, 0.717) is 5.92 Å². The van der Waals surface area contributed by atoms with Crippen molar-refractivity contribution in [2.45, 2.75) is 65.5 Å². The van der Waals surface area contributed by atoms with Gasteiger partial charge in [0.1, 0.15) is 6.04 Å². The van der Waals surface area contributed by atoms with Gasteiger partial charge >= 0.3 is 5.97 Å². The van der Waals surface area contributed by atoms with Crippen LogP contribution in [-0.2, 0) is 9.53 Å². The highest BCUT2D eigenvalue weighted by molar-refractivity contribution is 5.76. The van der Waals surface area contributed by atoms with Gasteiger partial charge in [0.2, 0.25) is 0 Å². The van der Waals surface area contributed by atoms with E-state index in [-0.39, 0.29) is 23.0 Å². The van der Waals surface area contributed by atoms with E-state index < -0.39 is 0 Å². The van der Waals surface area contributed by atoms with Crippen LogP contribution < -0.4 is 5.32 Å². The molecule has 1 aliphatic carbocycles. The van der Waals surface area contributed by atoms with Crippen LogP contribution in [0.1, 0.15) is 53.9 Å². The molecule has 3 heteroatoms. The number of carbonyl (C=O) groups excluding carboxylic acids is 1. The predicted molar refractivity (Wildman–Crippen MR) is 69.8 cm³/mol. The fourth-order valence-corrected chi connectivity index (χ4v) is 2.72. The molecular weight excluding hydrogens is 214 g/mol. The van der Waals surface area contributed by atoms with E-state index >= 15 is 0 Å². The van der Waals surface area contributed by atoms with E-state index in [0.717, 1.165) is 19.3 Å². The maximum absolute atomic E-state index is 11.8. The minimum atomic E-state index is -0.127. The Morgan fingerprint density at radius 2 is 1.82 bits per heavy atom. The van der Waals surface area contributed by atoms with E-state index in [1.54, 1.807) is 0 Å². The van der Waals surface area contributed by atoms with Crippen LogP contribution in [0.2, 0.25) is 0 Å². The molecule has 1 N–H and O–H groups in total. The van der Waals surface area contributed by atoms with Crippen molar-refractivity contribution in [3.8, 4) is 0 Å². The fraction of sp³-hybridized carbons (Fsp3) is 0.929. The Hall–Kier alpha value is -0.570. The molecule has 1 unspecified atom stereocenters. The van der Waals surface area contributed by atoms with E-state index in [9.17, 15) is 4.79 Å². The van der Waals surface area contributed by atoms with Crippen molar-refractivity contribution in [3.05, 3.63) is 0 Å². The summed E-state index contributed by atoms with van der Waals surface area (Å²) in [5.74, 6) is 0.358. The molecule has 0 aromatic heterocycles. The van der Waals surface area contributed by atoms with Crippen molar-refractivity contribution in [1.82, 2.24) is 5.32 Å². The van der Waals surface area contributed by atoms with Gasteiger partial charge in [0.25, 0.3) is 0 Å². The van der Waals surface area contributed by atoms with Crippen molar-refractivity contribution in [1.29, 1.82) is 0 Å². The molecule has 0 spiro atoms. The zero-order chi connectivity index (χ0) is 13.3. The number of hydrogen-bond donors (Lipinski definition) is 1. The zero-order valence-corrected chi connectivity index (χ0v) is 12.1. The summed E-state index contributed by atoms with van der Waals surface area (Å²) in [5.41, 5.74) is 0.209. The van der Waals surface area contributed by atoms with E-state index in [2.05, 4.69) is 39.9 Å². The molecule has 1 saturated carbocycles. The lowest BCUT2D eigenvalue weighted by atomic mass is 9.81. The third-order valence-electron chi connectivity index (χ3n) is 3.07. The van der Waals surface area contributed by atoms with Crippen LogP contribution in [-0.4, -0.2) is 24.7 Å². The number of nitrogens with one attached hydrogen (secondary N) is 1. The number of hydrogen-bond acceptors (Lipinski definition) is 3. The number of esters is 1. The van der Waals surface area contributed by atoms with Gasteiger partial charge in [-0.3, -0.25) is 10.1 Å². The standard InChI is InChI=1S/C14H27NO2/c1-13(2,3)9-14(4,5)15-11(10-7-8-10)12(16)17-6/h10-11,15H,7-9H2,1-6H3. The molecule has 0 saturated heterocycles. The van der Waals surface area contributed by atoms with Gasteiger partial charge in [-0.15, -0.1) is 0 Å². The van der Waals surface area contributed by atoms with Crippen molar-refractivity contribution < 1.29 is 9.53 Å². The lowest BCUT2D eigenvalue weighted by Crippen LogP contribution is -2.52. The molecule has 0 amide bonds. The minimum Gasteiger partial charge on any atom is -0.468 e. The van der Waals surface area contributed by atoms with Gasteiger partial charge < -0.3 is 4.74 Å². The summed E-state index contributed by atoms with van der Waals surface area (Å²) in [5, 5.41) is 3.49. The summed E-state index contributed by atoms with van der Waals surface area (Å²) in [4.78, 5) is 11.8. The predicted octanol–water partition coefficient (Wildman–Crippen LogP) is 2.74. The first-order valence-electron chi connectivity index (χ1n) is 6.50. The Kier molecular flexibility index (Phi) is 4.23. The molecule has 1 atom stereocenters. The highest BCUT2D eigenvalue weighted by Crippen LogP contribution is 2.35. The average molecular weight is 241 g/mol. The van der Waals surface area contributed by atoms with Gasteiger partial charge in [-0.2, -0.15) is 0 Å². The first-order chi connectivity index (χ1) is 7.64. The Morgan fingerprint density at radius 1 is 1.29 bits per heavy atom. The third-order valence-corrected chi connectivity index (χ3v) is 3.07. The van der Waals surface area contributed by atoms with Gasteiger partial charge in [0.15, 0.2) is 0 Å². The Bertz CT molecular complexity index is 274.